The molecule has 14 nitrogen and oxygen atoms in total. The molecule has 2 saturated carbocycles. The van der Waals surface area contributed by atoms with Crippen molar-refractivity contribution in [2.24, 2.45) is 5.92 Å². The number of ether oxygens (including phenoxy) is 2. The Balaban J connectivity index is 1.25. The van der Waals surface area contributed by atoms with Gasteiger partial charge >= 0.3 is 12.2 Å². The standard InChI is InChI=1S/C35H48FN5O9S/c1-34(2,3)50-32(45)37-27-13-8-6-4-5-7-11-22-17-35(22,31(44)39-51(47,48)24-14-15-24)38-29(42)28-16-23(19-41(28)30(27)43)49-33(46)40-18-21-10-9-12-26(36)25(21)20-40/h7,9-12,22-24,27-28,31,39,44H,4-6,8,13-20H2,1-3H3,(H,37,45)(H,38,42)/b11-7-/t22-,23-,27+,28+,31?,35-/m1/s1. The molecule has 0 radical (unpaired) electrons. The lowest BCUT2D eigenvalue weighted by atomic mass is 10.0. The number of nitrogens with one attached hydrogen (secondary N) is 3. The largest absolute Gasteiger partial charge is 0.444 e. The Kier molecular flexibility index (Phi) is 10.4. The summed E-state index contributed by atoms with van der Waals surface area (Å²) in [6.07, 6.45) is 3.93. The predicted molar refractivity (Wildman–Crippen MR) is 181 cm³/mol. The van der Waals surface area contributed by atoms with Gasteiger partial charge in [0.1, 0.15) is 35.8 Å². The van der Waals surface area contributed by atoms with E-state index in [9.17, 15) is 37.1 Å². The summed E-state index contributed by atoms with van der Waals surface area (Å²) >= 11 is 0. The summed E-state index contributed by atoms with van der Waals surface area (Å²) in [4.78, 5) is 57.3. The van der Waals surface area contributed by atoms with E-state index in [1.165, 1.54) is 15.9 Å². The van der Waals surface area contributed by atoms with Crippen molar-refractivity contribution in [3.63, 3.8) is 0 Å². The van der Waals surface area contributed by atoms with Gasteiger partial charge in [-0.1, -0.05) is 37.1 Å². The predicted octanol–water partition coefficient (Wildman–Crippen LogP) is 2.94. The van der Waals surface area contributed by atoms with Gasteiger partial charge in [0.2, 0.25) is 21.8 Å². The molecule has 3 heterocycles. The molecule has 1 aromatic carbocycles. The van der Waals surface area contributed by atoms with Gasteiger partial charge in [0.15, 0.2) is 0 Å². The minimum Gasteiger partial charge on any atom is -0.444 e. The van der Waals surface area contributed by atoms with Gasteiger partial charge in [0, 0.05) is 24.4 Å². The van der Waals surface area contributed by atoms with Gasteiger partial charge in [-0.2, -0.15) is 4.72 Å². The number of amides is 4. The molecule has 1 saturated heterocycles. The lowest BCUT2D eigenvalue weighted by molar-refractivity contribution is -0.141. The van der Waals surface area contributed by atoms with Crippen LogP contribution in [0.5, 0.6) is 0 Å². The van der Waals surface area contributed by atoms with Crippen LogP contribution in [0, 0.1) is 11.7 Å². The van der Waals surface area contributed by atoms with Gasteiger partial charge in [-0.3, -0.25) is 14.5 Å². The fourth-order valence-electron chi connectivity index (χ4n) is 7.18. The third-order valence-corrected chi connectivity index (χ3v) is 12.1. The highest BCUT2D eigenvalue weighted by atomic mass is 32.2. The van der Waals surface area contributed by atoms with E-state index in [0.29, 0.717) is 36.8 Å². The lowest BCUT2D eigenvalue weighted by Crippen LogP contribution is -2.60. The molecule has 0 spiro atoms. The average Bonchev–Trinajstić information content (AvgIpc) is 3.93. The molecule has 3 fully saturated rings. The van der Waals surface area contributed by atoms with Crippen molar-refractivity contribution in [1.29, 1.82) is 0 Å². The number of nitrogens with zero attached hydrogens (tertiary/aromatic N) is 2. The highest BCUT2D eigenvalue weighted by Gasteiger charge is 2.61. The minimum absolute atomic E-state index is 0.00802. The van der Waals surface area contributed by atoms with Crippen LogP contribution in [-0.4, -0.2) is 94.7 Å². The van der Waals surface area contributed by atoms with Gasteiger partial charge in [-0.15, -0.1) is 0 Å². The Bertz CT molecular complexity index is 1680. The first-order valence-electron chi connectivity index (χ1n) is 17.8. The summed E-state index contributed by atoms with van der Waals surface area (Å²) in [5, 5.41) is 16.2. The van der Waals surface area contributed by atoms with Crippen molar-refractivity contribution in [3.8, 4) is 0 Å². The van der Waals surface area contributed by atoms with Crippen LogP contribution in [0.15, 0.2) is 30.4 Å². The van der Waals surface area contributed by atoms with Crippen molar-refractivity contribution in [1.82, 2.24) is 25.2 Å². The number of halogens is 1. The Labute approximate surface area is 297 Å². The van der Waals surface area contributed by atoms with Crippen LogP contribution in [0.2, 0.25) is 0 Å². The lowest BCUT2D eigenvalue weighted by Gasteiger charge is -2.31. The molecule has 1 aromatic rings. The zero-order valence-corrected chi connectivity index (χ0v) is 30.0. The highest BCUT2D eigenvalue weighted by molar-refractivity contribution is 7.90. The van der Waals surface area contributed by atoms with Crippen LogP contribution >= 0.6 is 0 Å². The van der Waals surface area contributed by atoms with Crippen molar-refractivity contribution >= 4 is 34.0 Å². The smallest absolute Gasteiger partial charge is 0.410 e. The SMILES string of the molecule is CC(C)(C)OC(=O)N[C@H]1CCCCC/C=C\[C@@H]2C[C@@]2(C(O)NS(=O)(=O)C2CC2)NC(=O)[C@@H]2C[C@@H](OC(=O)N3Cc4cccc(F)c4C3)CN2C1=O. The zero-order valence-electron chi connectivity index (χ0n) is 29.2. The monoisotopic (exact) mass is 733 g/mol. The maximum Gasteiger partial charge on any atom is 0.410 e. The number of fused-ring (bicyclic) bond motifs is 3. The van der Waals surface area contributed by atoms with Crippen LogP contribution in [-0.2, 0) is 42.2 Å². The number of allylic oxidation sites excluding steroid dienone is 1. The third kappa shape index (κ3) is 8.49. The van der Waals surface area contributed by atoms with Crippen LogP contribution in [0.25, 0.3) is 0 Å². The molecule has 51 heavy (non-hydrogen) atoms. The van der Waals surface area contributed by atoms with E-state index in [1.807, 2.05) is 12.2 Å². The number of aliphatic hydroxyl groups is 1. The fourth-order valence-corrected chi connectivity index (χ4v) is 8.65. The van der Waals surface area contributed by atoms with Crippen LogP contribution in [0.4, 0.5) is 14.0 Å². The minimum atomic E-state index is -3.82. The molecule has 6 rings (SSSR count). The summed E-state index contributed by atoms with van der Waals surface area (Å²) in [5.74, 6) is -2.03. The first-order valence-corrected chi connectivity index (χ1v) is 19.3. The molecular weight excluding hydrogens is 685 g/mol. The second-order valence-corrected chi connectivity index (χ2v) is 17.3. The average molecular weight is 734 g/mol. The fraction of sp³-hybridized carbons (Fsp3) is 0.657. The molecule has 1 unspecified atom stereocenters. The number of rotatable bonds is 6. The molecule has 2 aliphatic carbocycles. The molecule has 4 N–H and O–H groups in total. The van der Waals surface area contributed by atoms with E-state index < -0.39 is 80.6 Å². The summed E-state index contributed by atoms with van der Waals surface area (Å²) in [6.45, 7) is 5.08. The molecule has 0 aromatic heterocycles. The number of carbonyl (C=O) groups is 4. The highest BCUT2D eigenvalue weighted by Crippen LogP contribution is 2.48. The summed E-state index contributed by atoms with van der Waals surface area (Å²) in [6, 6.07) is 2.38. The van der Waals surface area contributed by atoms with Gasteiger partial charge < -0.3 is 30.1 Å². The summed E-state index contributed by atoms with van der Waals surface area (Å²) in [7, 11) is -3.82. The maximum atomic E-state index is 14.4. The normalized spacial score (nSPS) is 29.7. The van der Waals surface area contributed by atoms with E-state index in [0.717, 1.165) is 12.8 Å². The third-order valence-electron chi connectivity index (χ3n) is 10.2. The van der Waals surface area contributed by atoms with E-state index in [1.54, 1.807) is 32.9 Å². The Hall–Kier alpha value is -3.76. The maximum absolute atomic E-state index is 14.4. The Morgan fingerprint density at radius 1 is 1.12 bits per heavy atom. The first-order chi connectivity index (χ1) is 24.1. The molecule has 280 valence electrons. The van der Waals surface area contributed by atoms with Gasteiger partial charge in [-0.25, -0.2) is 22.4 Å². The van der Waals surface area contributed by atoms with Crippen LogP contribution in [0.1, 0.15) is 89.7 Å². The zero-order chi connectivity index (χ0) is 36.7. The number of hydrogen-bond donors (Lipinski definition) is 4. The molecule has 6 atom stereocenters. The Morgan fingerprint density at radius 3 is 2.59 bits per heavy atom. The summed E-state index contributed by atoms with van der Waals surface area (Å²) in [5.41, 5.74) is -1.14. The summed E-state index contributed by atoms with van der Waals surface area (Å²) < 4.78 is 53.6. The molecule has 5 aliphatic rings. The number of benzene rings is 1. The molecule has 0 bridgehead atoms. The number of hydrogen-bond acceptors (Lipinski definition) is 9. The molecular formula is C35H48FN5O9S. The number of carbonyl (C=O) groups excluding carboxylic acids is 4. The van der Waals surface area contributed by atoms with E-state index in [-0.39, 0.29) is 44.8 Å². The van der Waals surface area contributed by atoms with Crippen molar-refractivity contribution in [2.75, 3.05) is 6.54 Å². The second kappa shape index (κ2) is 14.3. The number of aliphatic hydroxyl groups excluding tert-OH is 1. The van der Waals surface area contributed by atoms with Gasteiger partial charge in [-0.05, 0) is 70.9 Å². The Morgan fingerprint density at radius 2 is 1.88 bits per heavy atom. The second-order valence-electron chi connectivity index (χ2n) is 15.4. The van der Waals surface area contributed by atoms with Gasteiger partial charge in [0.25, 0.3) is 0 Å². The van der Waals surface area contributed by atoms with Gasteiger partial charge in [0.05, 0.1) is 23.9 Å². The van der Waals surface area contributed by atoms with E-state index in [2.05, 4.69) is 15.4 Å². The van der Waals surface area contributed by atoms with Crippen LogP contribution in [0.3, 0.4) is 0 Å². The quantitative estimate of drug-likeness (QED) is 0.252. The molecule has 16 heteroatoms. The van der Waals surface area contributed by atoms with E-state index in [4.69, 9.17) is 9.47 Å². The molecule has 4 amide bonds. The topological polar surface area (TPSA) is 184 Å². The van der Waals surface area contributed by atoms with Crippen molar-refractivity contribution in [3.05, 3.63) is 47.3 Å². The van der Waals surface area contributed by atoms with Crippen molar-refractivity contribution < 1.29 is 46.6 Å². The number of sulfonamides is 1. The molecule has 3 aliphatic heterocycles. The van der Waals surface area contributed by atoms with Crippen molar-refractivity contribution in [2.45, 2.75) is 132 Å². The van der Waals surface area contributed by atoms with Crippen LogP contribution < -0.4 is 15.4 Å². The first kappa shape index (κ1) is 37.0. The van der Waals surface area contributed by atoms with E-state index >= 15 is 0 Å². The number of alkyl carbamates (subject to hydrolysis) is 1.